The van der Waals surface area contributed by atoms with Gasteiger partial charge in [0.15, 0.2) is 0 Å². The minimum absolute atomic E-state index is 0.0313. The molecule has 3 N–H and O–H groups in total. The largest absolute Gasteiger partial charge is 0.358 e. The summed E-state index contributed by atoms with van der Waals surface area (Å²) in [5.41, 5.74) is 5.19. The van der Waals surface area contributed by atoms with Crippen LogP contribution in [0.4, 0.5) is 15.8 Å². The van der Waals surface area contributed by atoms with E-state index in [0.717, 1.165) is 30.2 Å². The second kappa shape index (κ2) is 8.85. The number of rotatable bonds is 5. The van der Waals surface area contributed by atoms with E-state index in [4.69, 9.17) is 0 Å². The minimum atomic E-state index is -3.94. The molecule has 8 heteroatoms. The molecule has 0 spiro atoms. The minimum Gasteiger partial charge on any atom is -0.358 e. The fraction of sp³-hybridized carbons (Fsp3) is 0.222. The first-order valence-electron chi connectivity index (χ1n) is 11.5. The number of fused-ring (bicyclic) bond motifs is 3. The van der Waals surface area contributed by atoms with Gasteiger partial charge in [0.2, 0.25) is 0 Å². The fourth-order valence-electron chi connectivity index (χ4n) is 4.63. The van der Waals surface area contributed by atoms with Crippen molar-refractivity contribution in [1.82, 2.24) is 4.98 Å². The van der Waals surface area contributed by atoms with Crippen molar-refractivity contribution in [3.8, 4) is 0 Å². The predicted molar refractivity (Wildman–Crippen MR) is 136 cm³/mol. The molecule has 180 valence electrons. The summed E-state index contributed by atoms with van der Waals surface area (Å²) < 4.78 is 41.6. The van der Waals surface area contributed by atoms with E-state index in [9.17, 15) is 17.6 Å². The summed E-state index contributed by atoms with van der Waals surface area (Å²) in [6.45, 7) is 3.92. The number of hydrogen-bond acceptors (Lipinski definition) is 3. The quantitative estimate of drug-likeness (QED) is 0.330. The van der Waals surface area contributed by atoms with E-state index in [0.29, 0.717) is 22.7 Å². The molecule has 1 amide bonds. The Labute approximate surface area is 203 Å². The summed E-state index contributed by atoms with van der Waals surface area (Å²) in [5.74, 6) is -0.165. The number of nitrogens with one attached hydrogen (secondary N) is 3. The van der Waals surface area contributed by atoms with E-state index in [1.165, 1.54) is 41.6 Å². The molecule has 1 aliphatic carbocycles. The molecule has 1 atom stereocenters. The lowest BCUT2D eigenvalue weighted by Gasteiger charge is -2.18. The third-order valence-electron chi connectivity index (χ3n) is 6.53. The van der Waals surface area contributed by atoms with Gasteiger partial charge in [0.05, 0.1) is 4.90 Å². The molecular weight excluding hydrogens is 465 g/mol. The van der Waals surface area contributed by atoms with Crippen molar-refractivity contribution in [2.75, 3.05) is 10.0 Å². The molecule has 1 aliphatic rings. The molecule has 35 heavy (non-hydrogen) atoms. The number of aryl methyl sites for hydroxylation is 2. The van der Waals surface area contributed by atoms with Gasteiger partial charge in [0, 0.05) is 33.5 Å². The van der Waals surface area contributed by atoms with Crippen LogP contribution in [0.25, 0.3) is 10.9 Å². The third-order valence-corrected chi connectivity index (χ3v) is 8.05. The lowest BCUT2D eigenvalue weighted by Crippen LogP contribution is -2.16. The molecule has 0 unspecified atom stereocenters. The zero-order valence-corrected chi connectivity index (χ0v) is 20.3. The van der Waals surface area contributed by atoms with Gasteiger partial charge in [-0.2, -0.15) is 0 Å². The second-order valence-electron chi connectivity index (χ2n) is 9.24. The molecule has 0 aliphatic heterocycles. The van der Waals surface area contributed by atoms with Crippen LogP contribution < -0.4 is 10.0 Å². The van der Waals surface area contributed by atoms with E-state index < -0.39 is 15.8 Å². The Hall–Kier alpha value is -3.65. The van der Waals surface area contributed by atoms with Gasteiger partial charge in [-0.25, -0.2) is 12.8 Å². The predicted octanol–water partition coefficient (Wildman–Crippen LogP) is 5.79. The summed E-state index contributed by atoms with van der Waals surface area (Å²) in [6.07, 6.45) is 3.15. The molecular formula is C27H26FN3O3S. The van der Waals surface area contributed by atoms with E-state index in [1.807, 2.05) is 12.1 Å². The first-order chi connectivity index (χ1) is 16.7. The standard InChI is InChI=1S/C27H26FN3O3S/c1-16-3-11-24-22(13-16)23-14-18(5-12-25(23)30-24)27(32)29-21-8-4-17(2)26(15-21)35(33,34)31-20-9-6-19(28)7-10-20/h4-10,12,14-16,30-31H,3,11,13H2,1-2H3,(H,29,32)/t16-/m1/s1. The van der Waals surface area contributed by atoms with E-state index in [2.05, 4.69) is 21.9 Å². The van der Waals surface area contributed by atoms with Crippen LogP contribution in [0.2, 0.25) is 0 Å². The van der Waals surface area contributed by atoms with Gasteiger partial charge in [-0.1, -0.05) is 13.0 Å². The number of aromatic nitrogens is 1. The number of hydrogen-bond donors (Lipinski definition) is 3. The van der Waals surface area contributed by atoms with E-state index in [-0.39, 0.29) is 16.5 Å². The highest BCUT2D eigenvalue weighted by atomic mass is 32.2. The molecule has 0 fully saturated rings. The van der Waals surface area contributed by atoms with Crippen LogP contribution in [0, 0.1) is 18.7 Å². The first-order valence-corrected chi connectivity index (χ1v) is 13.0. The molecule has 1 aromatic heterocycles. The lowest BCUT2D eigenvalue weighted by atomic mass is 9.87. The summed E-state index contributed by atoms with van der Waals surface area (Å²) in [6, 6.07) is 15.4. The van der Waals surface area contributed by atoms with Crippen molar-refractivity contribution in [2.24, 2.45) is 5.92 Å². The van der Waals surface area contributed by atoms with Crippen molar-refractivity contribution >= 4 is 38.2 Å². The molecule has 0 saturated heterocycles. The summed E-state index contributed by atoms with van der Waals surface area (Å²) in [5, 5.41) is 3.89. The number of amides is 1. The lowest BCUT2D eigenvalue weighted by molar-refractivity contribution is 0.102. The van der Waals surface area contributed by atoms with Crippen LogP contribution in [0.15, 0.2) is 65.6 Å². The number of carbonyl (C=O) groups excluding carboxylic acids is 1. The van der Waals surface area contributed by atoms with Gasteiger partial charge in [0.1, 0.15) is 5.82 Å². The Morgan fingerprint density at radius 3 is 2.54 bits per heavy atom. The summed E-state index contributed by atoms with van der Waals surface area (Å²) in [4.78, 5) is 16.6. The monoisotopic (exact) mass is 491 g/mol. The van der Waals surface area contributed by atoms with E-state index >= 15 is 0 Å². The van der Waals surface area contributed by atoms with Crippen LogP contribution in [-0.4, -0.2) is 19.3 Å². The molecule has 0 bridgehead atoms. The Bertz CT molecular complexity index is 1540. The van der Waals surface area contributed by atoms with Crippen LogP contribution in [-0.2, 0) is 22.9 Å². The van der Waals surface area contributed by atoms with Crippen LogP contribution in [0.1, 0.15) is 40.5 Å². The molecule has 4 aromatic rings. The van der Waals surface area contributed by atoms with Gasteiger partial charge in [0.25, 0.3) is 15.9 Å². The van der Waals surface area contributed by atoms with Crippen molar-refractivity contribution in [3.05, 3.63) is 88.9 Å². The van der Waals surface area contributed by atoms with Gasteiger partial charge in [-0.05, 0) is 97.8 Å². The fourth-order valence-corrected chi connectivity index (χ4v) is 5.96. The van der Waals surface area contributed by atoms with Crippen LogP contribution in [0.5, 0.6) is 0 Å². The van der Waals surface area contributed by atoms with Gasteiger partial charge >= 0.3 is 0 Å². The van der Waals surface area contributed by atoms with Crippen molar-refractivity contribution < 1.29 is 17.6 Å². The Balaban J connectivity index is 1.40. The zero-order chi connectivity index (χ0) is 24.7. The van der Waals surface area contributed by atoms with Crippen LogP contribution >= 0.6 is 0 Å². The highest BCUT2D eigenvalue weighted by Gasteiger charge is 2.21. The van der Waals surface area contributed by atoms with Crippen molar-refractivity contribution in [2.45, 2.75) is 38.0 Å². The topological polar surface area (TPSA) is 91.1 Å². The highest BCUT2D eigenvalue weighted by molar-refractivity contribution is 7.92. The summed E-state index contributed by atoms with van der Waals surface area (Å²) >= 11 is 0. The SMILES string of the molecule is Cc1ccc(NC(=O)c2ccc3[nH]c4c(c3c2)C[C@H](C)CC4)cc1S(=O)(=O)Nc1ccc(F)cc1. The number of benzene rings is 3. The number of sulfonamides is 1. The maximum absolute atomic E-state index is 13.2. The maximum Gasteiger partial charge on any atom is 0.262 e. The Morgan fingerprint density at radius 1 is 1.03 bits per heavy atom. The first kappa shape index (κ1) is 23.1. The molecule has 1 heterocycles. The molecule has 0 radical (unpaired) electrons. The molecule has 3 aromatic carbocycles. The van der Waals surface area contributed by atoms with Gasteiger partial charge in [-0.15, -0.1) is 0 Å². The number of H-pyrrole nitrogens is 1. The third kappa shape index (κ3) is 4.66. The number of halogens is 1. The molecule has 0 saturated carbocycles. The van der Waals surface area contributed by atoms with Gasteiger partial charge < -0.3 is 10.3 Å². The Kier molecular flexibility index (Phi) is 5.84. The normalized spacial score (nSPS) is 15.6. The number of aromatic amines is 1. The highest BCUT2D eigenvalue weighted by Crippen LogP contribution is 2.32. The average molecular weight is 492 g/mol. The maximum atomic E-state index is 13.2. The average Bonchev–Trinajstić information content (AvgIpc) is 3.18. The van der Waals surface area contributed by atoms with Crippen molar-refractivity contribution in [1.29, 1.82) is 0 Å². The zero-order valence-electron chi connectivity index (χ0n) is 19.5. The molecule has 5 rings (SSSR count). The second-order valence-corrected chi connectivity index (χ2v) is 10.9. The van der Waals surface area contributed by atoms with Gasteiger partial charge in [-0.3, -0.25) is 9.52 Å². The molecule has 6 nitrogen and oxygen atoms in total. The number of carbonyl (C=O) groups is 1. The number of anilines is 2. The van der Waals surface area contributed by atoms with E-state index in [1.54, 1.807) is 25.1 Å². The van der Waals surface area contributed by atoms with Crippen LogP contribution in [0.3, 0.4) is 0 Å². The van der Waals surface area contributed by atoms with Crippen molar-refractivity contribution in [3.63, 3.8) is 0 Å². The smallest absolute Gasteiger partial charge is 0.262 e. The Morgan fingerprint density at radius 2 is 1.77 bits per heavy atom. The summed E-state index contributed by atoms with van der Waals surface area (Å²) in [7, 11) is -3.94.